The average Bonchev–Trinajstić information content (AvgIpc) is 2.28. The maximum atomic E-state index is 10.7. The van der Waals surface area contributed by atoms with E-state index in [1.807, 2.05) is 0 Å². The van der Waals surface area contributed by atoms with E-state index in [4.69, 9.17) is 20.2 Å². The summed E-state index contributed by atoms with van der Waals surface area (Å²) in [5, 5.41) is 0. The minimum Gasteiger partial charge on any atom is -0.381 e. The summed E-state index contributed by atoms with van der Waals surface area (Å²) >= 11 is 0. The zero-order valence-electron chi connectivity index (χ0n) is 10.1. The number of halogens is 1. The second-order valence-electron chi connectivity index (χ2n) is 4.34. The molecule has 6 heteroatoms. The highest BCUT2D eigenvalue weighted by Crippen LogP contribution is 2.12. The lowest BCUT2D eigenvalue weighted by atomic mass is 10.1. The van der Waals surface area contributed by atoms with Crippen LogP contribution in [-0.4, -0.2) is 40.1 Å². The first-order valence-corrected chi connectivity index (χ1v) is 8.67. The molecular weight excluding hydrogens is 264 g/mol. The Balaban J connectivity index is 1.87. The Kier molecular flexibility index (Phi) is 7.43. The molecule has 0 aromatic rings. The van der Waals surface area contributed by atoms with E-state index in [0.29, 0.717) is 12.5 Å². The summed E-state index contributed by atoms with van der Waals surface area (Å²) < 4.78 is 32.3. The van der Waals surface area contributed by atoms with Gasteiger partial charge in [-0.25, -0.2) is 8.42 Å². The van der Waals surface area contributed by atoms with Crippen LogP contribution in [0, 0.1) is 0 Å². The Bertz CT molecular complexity index is 286. The predicted molar refractivity (Wildman–Crippen MR) is 67.9 cm³/mol. The van der Waals surface area contributed by atoms with Crippen LogP contribution in [0.25, 0.3) is 0 Å². The minimum absolute atomic E-state index is 0.0787. The molecule has 0 spiro atoms. The van der Waals surface area contributed by atoms with Gasteiger partial charge in [-0.1, -0.05) is 12.8 Å². The van der Waals surface area contributed by atoms with E-state index < -0.39 is 9.05 Å². The van der Waals surface area contributed by atoms with Crippen molar-refractivity contribution in [2.75, 3.05) is 25.6 Å². The number of rotatable bonds is 8. The maximum Gasteiger partial charge on any atom is 0.232 e. The average molecular weight is 285 g/mol. The van der Waals surface area contributed by atoms with Gasteiger partial charge >= 0.3 is 0 Å². The molecule has 102 valence electrons. The quantitative estimate of drug-likeness (QED) is 0.507. The number of hydrogen-bond acceptors (Lipinski definition) is 4. The molecule has 0 aliphatic carbocycles. The Morgan fingerprint density at radius 2 is 1.76 bits per heavy atom. The van der Waals surface area contributed by atoms with E-state index >= 15 is 0 Å². The Labute approximate surface area is 108 Å². The van der Waals surface area contributed by atoms with Crippen molar-refractivity contribution in [2.24, 2.45) is 0 Å². The van der Waals surface area contributed by atoms with Gasteiger partial charge in [0.05, 0.1) is 11.9 Å². The molecule has 1 fully saturated rings. The molecule has 1 rings (SSSR count). The molecule has 0 radical (unpaired) electrons. The lowest BCUT2D eigenvalue weighted by Gasteiger charge is -2.22. The molecule has 0 unspecified atom stereocenters. The highest BCUT2D eigenvalue weighted by molar-refractivity contribution is 8.13. The topological polar surface area (TPSA) is 52.6 Å². The van der Waals surface area contributed by atoms with E-state index in [-0.39, 0.29) is 5.75 Å². The van der Waals surface area contributed by atoms with Crippen molar-refractivity contribution in [1.82, 2.24) is 0 Å². The summed E-state index contributed by atoms with van der Waals surface area (Å²) in [7, 11) is 1.80. The molecule has 1 saturated heterocycles. The molecule has 1 heterocycles. The van der Waals surface area contributed by atoms with Gasteiger partial charge < -0.3 is 9.47 Å². The summed E-state index contributed by atoms with van der Waals surface area (Å²) in [5.41, 5.74) is 0. The smallest absolute Gasteiger partial charge is 0.232 e. The Morgan fingerprint density at radius 1 is 1.12 bits per heavy atom. The summed E-state index contributed by atoms with van der Waals surface area (Å²) in [6.07, 6.45) is 5.85. The van der Waals surface area contributed by atoms with E-state index in [0.717, 1.165) is 51.9 Å². The monoisotopic (exact) mass is 284 g/mol. The molecule has 0 aromatic carbocycles. The summed E-state index contributed by atoms with van der Waals surface area (Å²) in [6, 6.07) is 0. The number of ether oxygens (including phenoxy) is 2. The van der Waals surface area contributed by atoms with Gasteiger partial charge in [-0.15, -0.1) is 0 Å². The van der Waals surface area contributed by atoms with Crippen LogP contribution in [0.3, 0.4) is 0 Å². The third-order valence-electron chi connectivity index (χ3n) is 2.80. The number of unbranched alkanes of at least 4 members (excludes halogenated alkanes) is 3. The Hall–Kier alpha value is 0.160. The largest absolute Gasteiger partial charge is 0.381 e. The predicted octanol–water partition coefficient (Wildman–Crippen LogP) is 2.31. The highest BCUT2D eigenvalue weighted by atomic mass is 35.7. The van der Waals surface area contributed by atoms with Crippen molar-refractivity contribution in [3.8, 4) is 0 Å². The van der Waals surface area contributed by atoms with Crippen LogP contribution < -0.4 is 0 Å². The SMILES string of the molecule is O=S(=O)(Cl)CCCCCCOC1CCOCC1. The third-order valence-corrected chi connectivity index (χ3v) is 4.04. The van der Waals surface area contributed by atoms with Gasteiger partial charge in [0.25, 0.3) is 0 Å². The number of hydrogen-bond donors (Lipinski definition) is 0. The van der Waals surface area contributed by atoms with Crippen LogP contribution in [0.1, 0.15) is 38.5 Å². The van der Waals surface area contributed by atoms with Gasteiger partial charge in [-0.05, 0) is 25.7 Å². The van der Waals surface area contributed by atoms with Crippen molar-refractivity contribution in [3.05, 3.63) is 0 Å². The first-order valence-electron chi connectivity index (χ1n) is 6.19. The molecule has 17 heavy (non-hydrogen) atoms. The molecular formula is C11H21ClO4S. The molecule has 0 N–H and O–H groups in total. The summed E-state index contributed by atoms with van der Waals surface area (Å²) in [4.78, 5) is 0. The Morgan fingerprint density at radius 3 is 2.41 bits per heavy atom. The van der Waals surface area contributed by atoms with Crippen LogP contribution in [0.4, 0.5) is 0 Å². The fraction of sp³-hybridized carbons (Fsp3) is 1.00. The van der Waals surface area contributed by atoms with Crippen LogP contribution in [0.5, 0.6) is 0 Å². The molecule has 0 atom stereocenters. The van der Waals surface area contributed by atoms with Gasteiger partial charge in [-0.3, -0.25) is 0 Å². The van der Waals surface area contributed by atoms with Crippen LogP contribution in [-0.2, 0) is 18.5 Å². The fourth-order valence-electron chi connectivity index (χ4n) is 1.82. The summed E-state index contributed by atoms with van der Waals surface area (Å²) in [6.45, 7) is 2.37. The standard InChI is InChI=1S/C11H21ClO4S/c12-17(13,14)10-4-2-1-3-7-16-11-5-8-15-9-6-11/h11H,1-10H2. The minimum atomic E-state index is -3.31. The van der Waals surface area contributed by atoms with Crippen molar-refractivity contribution in [1.29, 1.82) is 0 Å². The molecule has 0 amide bonds. The third kappa shape index (κ3) is 8.83. The zero-order chi connectivity index (χ0) is 12.6. The van der Waals surface area contributed by atoms with Gasteiger partial charge in [0.15, 0.2) is 0 Å². The second-order valence-corrected chi connectivity index (χ2v) is 7.24. The first kappa shape index (κ1) is 15.2. The highest BCUT2D eigenvalue weighted by Gasteiger charge is 2.13. The van der Waals surface area contributed by atoms with E-state index in [1.165, 1.54) is 0 Å². The van der Waals surface area contributed by atoms with Crippen LogP contribution >= 0.6 is 10.7 Å². The molecule has 0 saturated carbocycles. The van der Waals surface area contributed by atoms with Gasteiger partial charge in [0, 0.05) is 30.5 Å². The normalized spacial score (nSPS) is 18.4. The van der Waals surface area contributed by atoms with Gasteiger partial charge in [-0.2, -0.15) is 0 Å². The van der Waals surface area contributed by atoms with Crippen molar-refractivity contribution in [2.45, 2.75) is 44.6 Å². The van der Waals surface area contributed by atoms with E-state index in [2.05, 4.69) is 0 Å². The van der Waals surface area contributed by atoms with Gasteiger partial charge in [0.2, 0.25) is 9.05 Å². The van der Waals surface area contributed by atoms with E-state index in [1.54, 1.807) is 0 Å². The fourth-order valence-corrected chi connectivity index (χ4v) is 2.70. The van der Waals surface area contributed by atoms with Gasteiger partial charge in [0.1, 0.15) is 0 Å². The molecule has 1 aliphatic rings. The molecule has 1 aliphatic heterocycles. The van der Waals surface area contributed by atoms with Crippen molar-refractivity contribution >= 4 is 19.7 Å². The van der Waals surface area contributed by atoms with Crippen LogP contribution in [0.2, 0.25) is 0 Å². The van der Waals surface area contributed by atoms with Crippen LogP contribution in [0.15, 0.2) is 0 Å². The zero-order valence-corrected chi connectivity index (χ0v) is 11.6. The van der Waals surface area contributed by atoms with Crippen molar-refractivity contribution in [3.63, 3.8) is 0 Å². The van der Waals surface area contributed by atoms with Crippen molar-refractivity contribution < 1.29 is 17.9 Å². The van der Waals surface area contributed by atoms with E-state index in [9.17, 15) is 8.42 Å². The summed E-state index contributed by atoms with van der Waals surface area (Å²) in [5.74, 6) is 0.0787. The lowest BCUT2D eigenvalue weighted by Crippen LogP contribution is -2.23. The molecule has 0 bridgehead atoms. The second kappa shape index (κ2) is 8.29. The molecule has 4 nitrogen and oxygen atoms in total. The molecule has 0 aromatic heterocycles. The first-order chi connectivity index (χ1) is 8.08. The lowest BCUT2D eigenvalue weighted by molar-refractivity contribution is -0.0327. The maximum absolute atomic E-state index is 10.7.